The Morgan fingerprint density at radius 2 is 1.41 bits per heavy atom. The van der Waals surface area contributed by atoms with Crippen molar-refractivity contribution in [2.45, 2.75) is 56.8 Å². The van der Waals surface area contributed by atoms with E-state index in [4.69, 9.17) is 16.7 Å². The number of carbonyl (C=O) groups is 4. The molecule has 242 valence electrons. The van der Waals surface area contributed by atoms with Gasteiger partial charge in [0.2, 0.25) is 11.8 Å². The van der Waals surface area contributed by atoms with Crippen molar-refractivity contribution >= 4 is 29.3 Å². The Morgan fingerprint density at radius 1 is 0.804 bits per heavy atom. The zero-order chi connectivity index (χ0) is 33.5. The van der Waals surface area contributed by atoms with Crippen LogP contribution in [-0.4, -0.2) is 64.7 Å². The number of nitrogens with two attached hydrogens (primary N) is 2. The average Bonchev–Trinajstić information content (AvgIpc) is 3.06. The van der Waals surface area contributed by atoms with Crippen LogP contribution in [-0.2, 0) is 20.8 Å². The summed E-state index contributed by atoms with van der Waals surface area (Å²) in [5, 5.41) is 26.5. The summed E-state index contributed by atoms with van der Waals surface area (Å²) in [5.74, 6) is 3.69. The van der Waals surface area contributed by atoms with Gasteiger partial charge in [-0.05, 0) is 80.4 Å². The Labute approximate surface area is 267 Å². The Bertz CT molecular complexity index is 1520. The molecule has 0 fully saturated rings. The third kappa shape index (κ3) is 11.1. The van der Waals surface area contributed by atoms with Gasteiger partial charge >= 0.3 is 0 Å². The van der Waals surface area contributed by atoms with E-state index < -0.39 is 42.0 Å². The first kappa shape index (κ1) is 35.4. The van der Waals surface area contributed by atoms with E-state index in [1.54, 1.807) is 36.4 Å². The van der Waals surface area contributed by atoms with E-state index >= 15 is 0 Å². The molecule has 0 saturated carbocycles. The summed E-state index contributed by atoms with van der Waals surface area (Å²) in [6.45, 7) is 1.83. The van der Waals surface area contributed by atoms with Crippen molar-refractivity contribution < 1.29 is 29.5 Å². The highest BCUT2D eigenvalue weighted by molar-refractivity contribution is 5.98. The third-order valence-electron chi connectivity index (χ3n) is 7.03. The summed E-state index contributed by atoms with van der Waals surface area (Å²) in [7, 11) is 0. The number of aliphatic hydroxyl groups is 1. The molecule has 10 N–H and O–H groups in total. The van der Waals surface area contributed by atoms with Gasteiger partial charge in [-0.15, -0.1) is 0 Å². The van der Waals surface area contributed by atoms with Crippen LogP contribution < -0.4 is 32.9 Å². The number of amides is 4. The average molecular weight is 629 g/mol. The van der Waals surface area contributed by atoms with E-state index in [9.17, 15) is 24.3 Å². The quantitative estimate of drug-likeness (QED) is 0.0561. The van der Waals surface area contributed by atoms with Gasteiger partial charge in [-0.1, -0.05) is 48.6 Å². The van der Waals surface area contributed by atoms with E-state index in [0.717, 1.165) is 18.4 Å². The molecule has 0 aliphatic heterocycles. The van der Waals surface area contributed by atoms with Crippen LogP contribution in [0.4, 0.5) is 5.69 Å². The second-order valence-corrected chi connectivity index (χ2v) is 10.7. The first-order chi connectivity index (χ1) is 22.1. The number of carbonyl (C=O) groups excluding carboxylic acids is 4. The van der Waals surface area contributed by atoms with Gasteiger partial charge in [-0.25, -0.2) is 5.48 Å². The number of hydroxylamine groups is 1. The number of rotatable bonds is 14. The molecule has 3 rings (SSSR count). The molecule has 4 amide bonds. The Hall–Kier alpha value is -5.06. The summed E-state index contributed by atoms with van der Waals surface area (Å²) in [6, 6.07) is 19.7. The van der Waals surface area contributed by atoms with E-state index in [1.807, 2.05) is 30.3 Å². The molecule has 3 aromatic carbocycles. The van der Waals surface area contributed by atoms with Crippen molar-refractivity contribution in [2.75, 3.05) is 11.9 Å². The van der Waals surface area contributed by atoms with Gasteiger partial charge in [-0.3, -0.25) is 24.4 Å². The summed E-state index contributed by atoms with van der Waals surface area (Å²) in [4.78, 5) is 50.2. The summed E-state index contributed by atoms with van der Waals surface area (Å²) >= 11 is 0. The highest BCUT2D eigenvalue weighted by Crippen LogP contribution is 2.12. The highest BCUT2D eigenvalue weighted by atomic mass is 16.5. The van der Waals surface area contributed by atoms with Crippen LogP contribution in [0.15, 0.2) is 78.9 Å². The molecule has 0 bridgehead atoms. The number of benzene rings is 3. The van der Waals surface area contributed by atoms with Crippen LogP contribution >= 0.6 is 0 Å². The highest BCUT2D eigenvalue weighted by Gasteiger charge is 2.26. The lowest BCUT2D eigenvalue weighted by atomic mass is 10.0. The second kappa shape index (κ2) is 18.0. The van der Waals surface area contributed by atoms with Crippen LogP contribution in [0.1, 0.15) is 53.2 Å². The smallest absolute Gasteiger partial charge is 0.268 e. The first-order valence-electron chi connectivity index (χ1n) is 14.9. The number of nitrogens with one attached hydrogen (secondary N) is 4. The molecule has 4 atom stereocenters. The molecule has 0 unspecified atom stereocenters. The van der Waals surface area contributed by atoms with Crippen molar-refractivity contribution in [3.8, 4) is 11.8 Å². The minimum Gasteiger partial charge on any atom is -0.391 e. The zero-order valence-corrected chi connectivity index (χ0v) is 25.5. The molecule has 0 aliphatic rings. The van der Waals surface area contributed by atoms with Crippen LogP contribution in [0.2, 0.25) is 0 Å². The van der Waals surface area contributed by atoms with E-state index in [-0.39, 0.29) is 17.9 Å². The predicted octanol–water partition coefficient (Wildman–Crippen LogP) is 1.19. The zero-order valence-electron chi connectivity index (χ0n) is 25.5. The summed E-state index contributed by atoms with van der Waals surface area (Å²) in [5.41, 5.74) is 15.9. The minimum absolute atomic E-state index is 0.234. The molecule has 0 radical (unpaired) electrons. The molecule has 46 heavy (non-hydrogen) atoms. The van der Waals surface area contributed by atoms with Gasteiger partial charge in [-0.2, -0.15) is 0 Å². The number of aliphatic hydroxyl groups excluding tert-OH is 1. The molecule has 0 aromatic heterocycles. The Balaban J connectivity index is 1.63. The normalized spacial score (nSPS) is 13.2. The number of hydrogen-bond donors (Lipinski definition) is 8. The SMILES string of the molecule is C[C@@H](O)[C@H](NC(=O)c1ccc(C#Cc2ccc(NC(=O)[C@H](Cc3ccccc3)NC(=O)[C@@H](N)CCCCN)cc2)cc1)C(=O)NO. The van der Waals surface area contributed by atoms with Crippen molar-refractivity contribution in [1.29, 1.82) is 0 Å². The molecular weight excluding hydrogens is 588 g/mol. The maximum atomic E-state index is 13.3. The van der Waals surface area contributed by atoms with Crippen LogP contribution in [0, 0.1) is 11.8 Å². The lowest BCUT2D eigenvalue weighted by molar-refractivity contribution is -0.133. The Morgan fingerprint density at radius 3 is 1.98 bits per heavy atom. The maximum absolute atomic E-state index is 13.3. The molecular formula is C34H40N6O6. The van der Waals surface area contributed by atoms with Gasteiger partial charge < -0.3 is 32.5 Å². The number of hydrogen-bond acceptors (Lipinski definition) is 8. The van der Waals surface area contributed by atoms with Gasteiger partial charge in [0.1, 0.15) is 12.1 Å². The molecule has 12 nitrogen and oxygen atoms in total. The van der Waals surface area contributed by atoms with E-state index in [1.165, 1.54) is 24.5 Å². The fourth-order valence-corrected chi connectivity index (χ4v) is 4.39. The summed E-state index contributed by atoms with van der Waals surface area (Å²) in [6.07, 6.45) is 1.02. The first-order valence-corrected chi connectivity index (χ1v) is 14.9. The summed E-state index contributed by atoms with van der Waals surface area (Å²) < 4.78 is 0. The van der Waals surface area contributed by atoms with Crippen LogP contribution in [0.3, 0.4) is 0 Å². The van der Waals surface area contributed by atoms with Gasteiger partial charge in [0.05, 0.1) is 12.1 Å². The number of unbranched alkanes of at least 4 members (excludes halogenated alkanes) is 1. The maximum Gasteiger partial charge on any atom is 0.268 e. The second-order valence-electron chi connectivity index (χ2n) is 10.7. The molecule has 12 heteroatoms. The third-order valence-corrected chi connectivity index (χ3v) is 7.03. The van der Waals surface area contributed by atoms with Crippen molar-refractivity contribution in [2.24, 2.45) is 11.5 Å². The molecule has 3 aromatic rings. The van der Waals surface area contributed by atoms with Gasteiger partial charge in [0.25, 0.3) is 11.8 Å². The fraction of sp³-hybridized carbons (Fsp3) is 0.294. The van der Waals surface area contributed by atoms with E-state index in [0.29, 0.717) is 29.8 Å². The van der Waals surface area contributed by atoms with Gasteiger partial charge in [0.15, 0.2) is 0 Å². The minimum atomic E-state index is -1.33. The molecule has 0 spiro atoms. The molecule has 0 saturated heterocycles. The van der Waals surface area contributed by atoms with Crippen molar-refractivity contribution in [3.63, 3.8) is 0 Å². The standard InChI is InChI=1S/C34H40N6O6/c1-22(41)30(34(45)40-46)39-31(42)26-16-12-23(13-17-26)10-11-24-14-18-27(19-15-24)37-33(44)29(21-25-7-3-2-4-8-25)38-32(43)28(36)9-5-6-20-35/h2-4,7-8,12-19,22,28-30,41,46H,5-6,9,20-21,35-36H2,1H3,(H,37,44)(H,38,43)(H,39,42)(H,40,45)/t22-,28+,29+,30+/m1/s1. The van der Waals surface area contributed by atoms with E-state index in [2.05, 4.69) is 27.8 Å². The van der Waals surface area contributed by atoms with Gasteiger partial charge in [0, 0.05) is 28.8 Å². The van der Waals surface area contributed by atoms with Crippen molar-refractivity contribution in [1.82, 2.24) is 16.1 Å². The fourth-order valence-electron chi connectivity index (χ4n) is 4.39. The van der Waals surface area contributed by atoms with Crippen LogP contribution in [0.5, 0.6) is 0 Å². The van der Waals surface area contributed by atoms with Crippen LogP contribution in [0.25, 0.3) is 0 Å². The monoisotopic (exact) mass is 628 g/mol. The lowest BCUT2D eigenvalue weighted by Gasteiger charge is -2.21. The molecule has 0 heterocycles. The number of anilines is 1. The Kier molecular flexibility index (Phi) is 13.9. The topological polar surface area (TPSA) is 209 Å². The van der Waals surface area contributed by atoms with Crippen molar-refractivity contribution in [3.05, 3.63) is 101 Å². The predicted molar refractivity (Wildman–Crippen MR) is 173 cm³/mol. The largest absolute Gasteiger partial charge is 0.391 e. The molecule has 0 aliphatic carbocycles. The lowest BCUT2D eigenvalue weighted by Crippen LogP contribution is -2.51.